The number of hydrogen-bond acceptors (Lipinski definition) is 6. The zero-order valence-electron chi connectivity index (χ0n) is 16.0. The summed E-state index contributed by atoms with van der Waals surface area (Å²) in [5.41, 5.74) is 0.330. The third-order valence-electron chi connectivity index (χ3n) is 6.64. The molecule has 0 aromatic carbocycles. The lowest BCUT2D eigenvalue weighted by molar-refractivity contribution is 0.0900. The number of carbonyl (C=O) groups excluding carboxylic acids is 1. The third-order valence-corrected chi connectivity index (χ3v) is 8.70. The summed E-state index contributed by atoms with van der Waals surface area (Å²) < 4.78 is 33.0. The van der Waals surface area contributed by atoms with Crippen LogP contribution in [-0.4, -0.2) is 60.3 Å². The Morgan fingerprint density at radius 2 is 1.96 bits per heavy atom. The average molecular weight is 409 g/mol. The minimum Gasteiger partial charge on any atom is -0.360 e. The standard InChI is InChI=1S/C19H28N4O4S/c24-19(17-10-18(27-22-17)12-3-4-12)21-14-8-15-5-6-16(9-14)23(15)28(25,26)11-13-2-1-7-20-13/h10,12-16,20H,1-9,11H2,(H,21,24)/t13-,14?,15-,16+/m0/s1. The molecule has 3 saturated heterocycles. The van der Waals surface area contributed by atoms with Gasteiger partial charge in [0.15, 0.2) is 5.69 Å². The highest BCUT2D eigenvalue weighted by atomic mass is 32.2. The van der Waals surface area contributed by atoms with Crippen molar-refractivity contribution in [1.82, 2.24) is 20.1 Å². The number of aromatic nitrogens is 1. The summed E-state index contributed by atoms with van der Waals surface area (Å²) in [5.74, 6) is 1.20. The van der Waals surface area contributed by atoms with Crippen LogP contribution in [0.3, 0.4) is 0 Å². The Bertz CT molecular complexity index is 830. The van der Waals surface area contributed by atoms with Crippen molar-refractivity contribution >= 4 is 15.9 Å². The fourth-order valence-corrected chi connectivity index (χ4v) is 7.42. The van der Waals surface area contributed by atoms with Gasteiger partial charge in [0.1, 0.15) is 5.76 Å². The van der Waals surface area contributed by atoms with Crippen molar-refractivity contribution in [3.8, 4) is 0 Å². The molecule has 1 amide bonds. The lowest BCUT2D eigenvalue weighted by Crippen LogP contribution is -2.54. The Hall–Kier alpha value is -1.45. The first-order valence-corrected chi connectivity index (χ1v) is 12.1. The quantitative estimate of drug-likeness (QED) is 0.736. The van der Waals surface area contributed by atoms with E-state index in [1.54, 1.807) is 10.4 Å². The molecule has 4 atom stereocenters. The topological polar surface area (TPSA) is 105 Å². The van der Waals surface area contributed by atoms with E-state index in [-0.39, 0.29) is 35.8 Å². The number of nitrogens with one attached hydrogen (secondary N) is 2. The number of sulfonamides is 1. The summed E-state index contributed by atoms with van der Waals surface area (Å²) in [7, 11) is -3.28. The van der Waals surface area contributed by atoms with Crippen molar-refractivity contribution in [3.63, 3.8) is 0 Å². The van der Waals surface area contributed by atoms with Gasteiger partial charge < -0.3 is 15.2 Å². The van der Waals surface area contributed by atoms with Gasteiger partial charge in [-0.25, -0.2) is 8.42 Å². The van der Waals surface area contributed by atoms with E-state index in [1.165, 1.54) is 0 Å². The van der Waals surface area contributed by atoms with E-state index in [0.29, 0.717) is 24.5 Å². The van der Waals surface area contributed by atoms with E-state index in [4.69, 9.17) is 4.52 Å². The highest BCUT2D eigenvalue weighted by Gasteiger charge is 2.47. The number of amides is 1. The summed E-state index contributed by atoms with van der Waals surface area (Å²) in [6.07, 6.45) is 7.28. The molecule has 1 aromatic heterocycles. The lowest BCUT2D eigenvalue weighted by atomic mass is 9.99. The van der Waals surface area contributed by atoms with Gasteiger partial charge in [-0.05, 0) is 57.9 Å². The zero-order chi connectivity index (χ0) is 19.3. The van der Waals surface area contributed by atoms with Crippen LogP contribution in [0, 0.1) is 0 Å². The van der Waals surface area contributed by atoms with Gasteiger partial charge in [-0.3, -0.25) is 4.79 Å². The molecule has 1 aromatic rings. The maximum Gasteiger partial charge on any atom is 0.273 e. The molecule has 4 fully saturated rings. The Balaban J connectivity index is 1.21. The number of nitrogens with zero attached hydrogens (tertiary/aromatic N) is 2. The van der Waals surface area contributed by atoms with Gasteiger partial charge in [0.2, 0.25) is 10.0 Å². The molecule has 2 N–H and O–H groups in total. The van der Waals surface area contributed by atoms with Crippen LogP contribution in [0.2, 0.25) is 0 Å². The Kier molecular flexibility index (Phi) is 4.71. The molecule has 0 radical (unpaired) electrons. The van der Waals surface area contributed by atoms with Crippen LogP contribution in [0.25, 0.3) is 0 Å². The molecule has 1 aliphatic carbocycles. The molecule has 9 heteroatoms. The second kappa shape index (κ2) is 7.11. The summed E-state index contributed by atoms with van der Waals surface area (Å²) in [4.78, 5) is 12.5. The molecule has 8 nitrogen and oxygen atoms in total. The number of fused-ring (bicyclic) bond motifs is 2. The van der Waals surface area contributed by atoms with Crippen molar-refractivity contribution < 1.29 is 17.7 Å². The van der Waals surface area contributed by atoms with Crippen molar-refractivity contribution in [1.29, 1.82) is 0 Å². The molecule has 4 heterocycles. The van der Waals surface area contributed by atoms with Crippen LogP contribution in [0.4, 0.5) is 0 Å². The van der Waals surface area contributed by atoms with Crippen LogP contribution in [0.5, 0.6) is 0 Å². The third kappa shape index (κ3) is 3.59. The van der Waals surface area contributed by atoms with Crippen LogP contribution < -0.4 is 10.6 Å². The van der Waals surface area contributed by atoms with E-state index in [1.807, 2.05) is 0 Å². The van der Waals surface area contributed by atoms with Crippen LogP contribution >= 0.6 is 0 Å². The summed E-state index contributed by atoms with van der Waals surface area (Å²) in [6, 6.07) is 1.80. The Morgan fingerprint density at radius 3 is 2.61 bits per heavy atom. The largest absolute Gasteiger partial charge is 0.360 e. The lowest BCUT2D eigenvalue weighted by Gasteiger charge is -2.38. The number of carbonyl (C=O) groups is 1. The second-order valence-electron chi connectivity index (χ2n) is 8.82. The fraction of sp³-hybridized carbons (Fsp3) is 0.789. The molecular weight excluding hydrogens is 380 g/mol. The van der Waals surface area contributed by atoms with Gasteiger partial charge in [0.05, 0.1) is 5.75 Å². The monoisotopic (exact) mass is 408 g/mol. The molecule has 0 spiro atoms. The maximum atomic E-state index is 13.0. The first kappa shape index (κ1) is 18.6. The highest BCUT2D eigenvalue weighted by molar-refractivity contribution is 7.89. The van der Waals surface area contributed by atoms with Gasteiger partial charge in [-0.15, -0.1) is 0 Å². The molecule has 2 bridgehead atoms. The van der Waals surface area contributed by atoms with Crippen molar-refractivity contribution in [3.05, 3.63) is 17.5 Å². The van der Waals surface area contributed by atoms with E-state index in [9.17, 15) is 13.2 Å². The van der Waals surface area contributed by atoms with Gasteiger partial charge in [-0.1, -0.05) is 5.16 Å². The summed E-state index contributed by atoms with van der Waals surface area (Å²) >= 11 is 0. The van der Waals surface area contributed by atoms with Crippen LogP contribution in [-0.2, 0) is 10.0 Å². The second-order valence-corrected chi connectivity index (χ2v) is 10.7. The molecule has 1 unspecified atom stereocenters. The predicted octanol–water partition coefficient (Wildman–Crippen LogP) is 1.36. The molecule has 5 rings (SSSR count). The van der Waals surface area contributed by atoms with Crippen molar-refractivity contribution in [2.45, 2.75) is 81.5 Å². The van der Waals surface area contributed by atoms with Crippen molar-refractivity contribution in [2.75, 3.05) is 12.3 Å². The summed E-state index contributed by atoms with van der Waals surface area (Å²) in [5, 5.41) is 10.3. The summed E-state index contributed by atoms with van der Waals surface area (Å²) in [6.45, 7) is 0.908. The van der Waals surface area contributed by atoms with Gasteiger partial charge >= 0.3 is 0 Å². The molecular formula is C19H28N4O4S. The van der Waals surface area contributed by atoms with Gasteiger partial charge in [0.25, 0.3) is 5.91 Å². The molecule has 4 aliphatic rings. The molecule has 154 valence electrons. The first-order valence-electron chi connectivity index (χ1n) is 10.5. The Labute approximate surface area is 165 Å². The van der Waals surface area contributed by atoms with E-state index in [0.717, 1.165) is 50.8 Å². The van der Waals surface area contributed by atoms with E-state index in [2.05, 4.69) is 15.8 Å². The smallest absolute Gasteiger partial charge is 0.273 e. The maximum absolute atomic E-state index is 13.0. The fourth-order valence-electron chi connectivity index (χ4n) is 5.16. The molecule has 3 aliphatic heterocycles. The highest BCUT2D eigenvalue weighted by Crippen LogP contribution is 2.40. The molecule has 1 saturated carbocycles. The predicted molar refractivity (Wildman–Crippen MR) is 102 cm³/mol. The van der Waals surface area contributed by atoms with Crippen LogP contribution in [0.1, 0.15) is 73.5 Å². The number of piperidine rings is 1. The normalized spacial score (nSPS) is 33.3. The van der Waals surface area contributed by atoms with Crippen LogP contribution in [0.15, 0.2) is 10.6 Å². The van der Waals surface area contributed by atoms with E-state index >= 15 is 0 Å². The minimum atomic E-state index is -3.28. The first-order chi connectivity index (χ1) is 13.5. The zero-order valence-corrected chi connectivity index (χ0v) is 16.8. The number of hydrogen-bond donors (Lipinski definition) is 2. The SMILES string of the molecule is O=C(NC1C[C@H]2CC[C@@H](C1)N2S(=O)(=O)C[C@@H]1CCCN1)c1cc(C2CC2)on1. The van der Waals surface area contributed by atoms with E-state index < -0.39 is 10.0 Å². The van der Waals surface area contributed by atoms with Gasteiger partial charge in [-0.2, -0.15) is 4.31 Å². The molecule has 28 heavy (non-hydrogen) atoms. The van der Waals surface area contributed by atoms with Gasteiger partial charge in [0, 0.05) is 36.2 Å². The minimum absolute atomic E-state index is 0.00483. The van der Waals surface area contributed by atoms with Crippen molar-refractivity contribution in [2.24, 2.45) is 0 Å². The average Bonchev–Trinajstić information content (AvgIpc) is 3.04. The Morgan fingerprint density at radius 1 is 1.21 bits per heavy atom. The number of rotatable bonds is 6.